The fraction of sp³-hybridized carbons (Fsp3) is 0.385. The van der Waals surface area contributed by atoms with Crippen LogP contribution in [0.15, 0.2) is 30.9 Å². The highest BCUT2D eigenvalue weighted by Crippen LogP contribution is 2.28. The summed E-state index contributed by atoms with van der Waals surface area (Å²) in [6.45, 7) is 9.79. The monoisotopic (exact) mass is 205 g/mol. The Balaban J connectivity index is 2.99. The summed E-state index contributed by atoms with van der Waals surface area (Å²) in [6, 6.07) is 6.08. The van der Waals surface area contributed by atoms with E-state index in [0.29, 0.717) is 0 Å². The SMILES string of the molecule is C=CC(C)(C)Oc1ccc(C)cc1NC. The van der Waals surface area contributed by atoms with Gasteiger partial charge in [0, 0.05) is 7.05 Å². The number of hydrogen-bond acceptors (Lipinski definition) is 2. The maximum Gasteiger partial charge on any atom is 0.143 e. The Hall–Kier alpha value is -1.44. The van der Waals surface area contributed by atoms with Crippen molar-refractivity contribution >= 4 is 5.69 Å². The summed E-state index contributed by atoms with van der Waals surface area (Å²) in [4.78, 5) is 0. The van der Waals surface area contributed by atoms with Crippen LogP contribution in [0.4, 0.5) is 5.69 Å². The molecular weight excluding hydrogens is 186 g/mol. The van der Waals surface area contributed by atoms with E-state index in [2.05, 4.69) is 24.9 Å². The van der Waals surface area contributed by atoms with Gasteiger partial charge in [-0.1, -0.05) is 12.6 Å². The zero-order valence-electron chi connectivity index (χ0n) is 9.92. The molecule has 0 fully saturated rings. The van der Waals surface area contributed by atoms with Gasteiger partial charge in [0.25, 0.3) is 0 Å². The number of nitrogens with one attached hydrogen (secondary N) is 1. The van der Waals surface area contributed by atoms with Crippen molar-refractivity contribution in [2.24, 2.45) is 0 Å². The van der Waals surface area contributed by atoms with Crippen molar-refractivity contribution in [2.45, 2.75) is 26.4 Å². The standard InChI is InChI=1S/C13H19NO/c1-6-13(3,4)15-12-8-7-10(2)9-11(12)14-5/h6-9,14H,1H2,2-5H3. The third kappa shape index (κ3) is 3.01. The van der Waals surface area contributed by atoms with Crippen LogP contribution >= 0.6 is 0 Å². The highest BCUT2D eigenvalue weighted by Gasteiger charge is 2.16. The lowest BCUT2D eigenvalue weighted by Gasteiger charge is -2.24. The number of anilines is 1. The van der Waals surface area contributed by atoms with Crippen LogP contribution < -0.4 is 10.1 Å². The predicted octanol–water partition coefficient (Wildman–Crippen LogP) is 3.38. The van der Waals surface area contributed by atoms with Gasteiger partial charge >= 0.3 is 0 Å². The molecule has 0 spiro atoms. The predicted molar refractivity (Wildman–Crippen MR) is 65.6 cm³/mol. The van der Waals surface area contributed by atoms with Gasteiger partial charge in [0.1, 0.15) is 11.4 Å². The highest BCUT2D eigenvalue weighted by atomic mass is 16.5. The second-order valence-electron chi connectivity index (χ2n) is 4.16. The smallest absolute Gasteiger partial charge is 0.143 e. The van der Waals surface area contributed by atoms with E-state index in [9.17, 15) is 0 Å². The van der Waals surface area contributed by atoms with Crippen molar-refractivity contribution in [2.75, 3.05) is 12.4 Å². The van der Waals surface area contributed by atoms with Crippen LogP contribution in [0.1, 0.15) is 19.4 Å². The molecule has 15 heavy (non-hydrogen) atoms. The Labute approximate surface area is 92.0 Å². The first-order valence-corrected chi connectivity index (χ1v) is 5.09. The van der Waals surface area contributed by atoms with Crippen molar-refractivity contribution in [1.82, 2.24) is 0 Å². The molecule has 82 valence electrons. The zero-order valence-corrected chi connectivity index (χ0v) is 9.92. The summed E-state index contributed by atoms with van der Waals surface area (Å²) in [5.41, 5.74) is 1.87. The molecule has 0 atom stereocenters. The van der Waals surface area contributed by atoms with Gasteiger partial charge in [-0.2, -0.15) is 0 Å². The topological polar surface area (TPSA) is 21.3 Å². The van der Waals surface area contributed by atoms with E-state index in [-0.39, 0.29) is 5.60 Å². The van der Waals surface area contributed by atoms with Gasteiger partial charge in [-0.3, -0.25) is 0 Å². The van der Waals surface area contributed by atoms with Crippen LogP contribution in [-0.4, -0.2) is 12.6 Å². The van der Waals surface area contributed by atoms with Gasteiger partial charge in [-0.15, -0.1) is 0 Å². The number of ether oxygens (including phenoxy) is 1. The summed E-state index contributed by atoms with van der Waals surface area (Å²) in [5, 5.41) is 3.12. The van der Waals surface area contributed by atoms with E-state index < -0.39 is 0 Å². The van der Waals surface area contributed by atoms with E-state index in [1.807, 2.05) is 33.0 Å². The Kier molecular flexibility index (Phi) is 3.40. The first kappa shape index (κ1) is 11.6. The molecule has 0 amide bonds. The molecule has 0 unspecified atom stereocenters. The molecule has 0 heterocycles. The number of hydrogen-bond donors (Lipinski definition) is 1. The lowest BCUT2D eigenvalue weighted by atomic mass is 10.1. The summed E-state index contributed by atoms with van der Waals surface area (Å²) < 4.78 is 5.85. The maximum atomic E-state index is 5.85. The Morgan fingerprint density at radius 3 is 2.60 bits per heavy atom. The number of aryl methyl sites for hydroxylation is 1. The molecule has 1 aromatic carbocycles. The van der Waals surface area contributed by atoms with Crippen LogP contribution in [0.25, 0.3) is 0 Å². The van der Waals surface area contributed by atoms with Gasteiger partial charge in [0.15, 0.2) is 0 Å². The molecule has 0 aliphatic heterocycles. The molecule has 1 aromatic rings. The molecule has 2 nitrogen and oxygen atoms in total. The molecule has 0 saturated carbocycles. The van der Waals surface area contributed by atoms with Crippen molar-refractivity contribution in [1.29, 1.82) is 0 Å². The van der Waals surface area contributed by atoms with Crippen molar-refractivity contribution in [3.05, 3.63) is 36.4 Å². The maximum absolute atomic E-state index is 5.85. The Morgan fingerprint density at radius 2 is 2.07 bits per heavy atom. The molecule has 0 aromatic heterocycles. The minimum atomic E-state index is -0.346. The lowest BCUT2D eigenvalue weighted by molar-refractivity contribution is 0.163. The fourth-order valence-corrected chi connectivity index (χ4v) is 1.25. The van der Waals surface area contributed by atoms with Crippen molar-refractivity contribution < 1.29 is 4.74 Å². The fourth-order valence-electron chi connectivity index (χ4n) is 1.25. The molecule has 0 aliphatic carbocycles. The second kappa shape index (κ2) is 4.39. The van der Waals surface area contributed by atoms with Crippen molar-refractivity contribution in [3.63, 3.8) is 0 Å². The van der Waals surface area contributed by atoms with Gasteiger partial charge in [-0.25, -0.2) is 0 Å². The molecule has 0 radical (unpaired) electrons. The van der Waals surface area contributed by atoms with E-state index in [1.165, 1.54) is 5.56 Å². The first-order valence-electron chi connectivity index (χ1n) is 5.09. The molecule has 0 saturated heterocycles. The molecule has 1 N–H and O–H groups in total. The summed E-state index contributed by atoms with van der Waals surface area (Å²) in [7, 11) is 1.89. The van der Waals surface area contributed by atoms with Crippen LogP contribution in [0.2, 0.25) is 0 Å². The van der Waals surface area contributed by atoms with Crippen LogP contribution in [0.3, 0.4) is 0 Å². The normalized spacial score (nSPS) is 10.9. The first-order chi connectivity index (χ1) is 6.98. The number of rotatable bonds is 4. The minimum Gasteiger partial charge on any atom is -0.482 e. The van der Waals surface area contributed by atoms with Crippen LogP contribution in [0, 0.1) is 6.92 Å². The van der Waals surface area contributed by atoms with E-state index in [0.717, 1.165) is 11.4 Å². The lowest BCUT2D eigenvalue weighted by Crippen LogP contribution is -2.25. The molecule has 1 rings (SSSR count). The molecule has 2 heteroatoms. The van der Waals surface area contributed by atoms with Gasteiger partial charge in [0.05, 0.1) is 5.69 Å². The van der Waals surface area contributed by atoms with E-state index in [1.54, 1.807) is 6.08 Å². The van der Waals surface area contributed by atoms with E-state index in [4.69, 9.17) is 4.74 Å². The van der Waals surface area contributed by atoms with Crippen LogP contribution in [-0.2, 0) is 0 Å². The summed E-state index contributed by atoms with van der Waals surface area (Å²) >= 11 is 0. The number of benzene rings is 1. The molecule has 0 bridgehead atoms. The van der Waals surface area contributed by atoms with Gasteiger partial charge < -0.3 is 10.1 Å². The minimum absolute atomic E-state index is 0.346. The summed E-state index contributed by atoms with van der Waals surface area (Å²) in [6.07, 6.45) is 1.80. The average Bonchev–Trinajstić information content (AvgIpc) is 2.20. The third-order valence-electron chi connectivity index (χ3n) is 2.27. The molecular formula is C13H19NO. The molecule has 0 aliphatic rings. The quantitative estimate of drug-likeness (QED) is 0.761. The van der Waals surface area contributed by atoms with Gasteiger partial charge in [-0.05, 0) is 44.5 Å². The highest BCUT2D eigenvalue weighted by molar-refractivity contribution is 5.57. The second-order valence-corrected chi connectivity index (χ2v) is 4.16. The van der Waals surface area contributed by atoms with Crippen molar-refractivity contribution in [3.8, 4) is 5.75 Å². The van der Waals surface area contributed by atoms with E-state index >= 15 is 0 Å². The van der Waals surface area contributed by atoms with Gasteiger partial charge in [0.2, 0.25) is 0 Å². The Morgan fingerprint density at radius 1 is 1.40 bits per heavy atom. The largest absolute Gasteiger partial charge is 0.482 e. The zero-order chi connectivity index (χ0) is 11.5. The summed E-state index contributed by atoms with van der Waals surface area (Å²) in [5.74, 6) is 0.855. The Bertz CT molecular complexity index is 356. The average molecular weight is 205 g/mol. The van der Waals surface area contributed by atoms with Crippen LogP contribution in [0.5, 0.6) is 5.75 Å². The third-order valence-corrected chi connectivity index (χ3v) is 2.27.